The van der Waals surface area contributed by atoms with Crippen LogP contribution in [0, 0.1) is 12.7 Å². The lowest BCUT2D eigenvalue weighted by Gasteiger charge is -2.15. The molecule has 136 valence electrons. The number of rotatable bonds is 4. The number of carbonyl (C=O) groups is 1. The average Bonchev–Trinajstić information content (AvgIpc) is 2.56. The number of ether oxygens (including phenoxy) is 1. The molecule has 7 heteroatoms. The number of nitrogens with zero attached hydrogens (tertiary/aromatic N) is 2. The van der Waals surface area contributed by atoms with E-state index in [1.54, 1.807) is 38.1 Å². The third kappa shape index (κ3) is 4.08. The molecule has 0 aliphatic heterocycles. The molecular formula is C19H19ClFN3O2. The number of halogens is 2. The van der Waals surface area contributed by atoms with Gasteiger partial charge in [-0.15, -0.1) is 12.4 Å². The molecule has 1 N–H and O–H groups in total. The number of hydrogen-bond donors (Lipinski definition) is 1. The van der Waals surface area contributed by atoms with E-state index in [9.17, 15) is 9.18 Å². The Morgan fingerprint density at radius 3 is 2.62 bits per heavy atom. The van der Waals surface area contributed by atoms with Crippen molar-refractivity contribution in [1.82, 2.24) is 9.97 Å². The fraction of sp³-hybridized carbons (Fsp3) is 0.211. The van der Waals surface area contributed by atoms with Gasteiger partial charge in [0.1, 0.15) is 11.4 Å². The van der Waals surface area contributed by atoms with Crippen molar-refractivity contribution in [2.24, 2.45) is 0 Å². The third-order valence-corrected chi connectivity index (χ3v) is 3.57. The van der Waals surface area contributed by atoms with Crippen molar-refractivity contribution >= 4 is 40.8 Å². The van der Waals surface area contributed by atoms with Crippen LogP contribution < -0.4 is 5.32 Å². The molecule has 2 aromatic heterocycles. The molecule has 1 aromatic carbocycles. The summed E-state index contributed by atoms with van der Waals surface area (Å²) in [5.41, 5.74) is 2.19. The Labute approximate surface area is 157 Å². The summed E-state index contributed by atoms with van der Waals surface area (Å²) < 4.78 is 19.4. The molecule has 5 nitrogen and oxygen atoms in total. The second-order valence-electron chi connectivity index (χ2n) is 5.93. The largest absolute Gasteiger partial charge is 0.459 e. The van der Waals surface area contributed by atoms with E-state index in [0.717, 1.165) is 5.69 Å². The van der Waals surface area contributed by atoms with Gasteiger partial charge < -0.3 is 10.1 Å². The van der Waals surface area contributed by atoms with Crippen LogP contribution in [0.5, 0.6) is 0 Å². The van der Waals surface area contributed by atoms with Gasteiger partial charge in [0, 0.05) is 17.3 Å². The van der Waals surface area contributed by atoms with Crippen LogP contribution in [0.2, 0.25) is 0 Å². The van der Waals surface area contributed by atoms with E-state index in [2.05, 4.69) is 15.3 Å². The van der Waals surface area contributed by atoms with E-state index in [4.69, 9.17) is 4.74 Å². The zero-order valence-corrected chi connectivity index (χ0v) is 15.4. The molecule has 0 amide bonds. The first-order valence-electron chi connectivity index (χ1n) is 7.94. The van der Waals surface area contributed by atoms with Crippen molar-refractivity contribution in [2.45, 2.75) is 26.9 Å². The number of fused-ring (bicyclic) bond motifs is 1. The van der Waals surface area contributed by atoms with E-state index in [1.165, 1.54) is 12.3 Å². The van der Waals surface area contributed by atoms with Gasteiger partial charge in [-0.3, -0.25) is 0 Å². The summed E-state index contributed by atoms with van der Waals surface area (Å²) in [6.07, 6.45) is 1.13. The summed E-state index contributed by atoms with van der Waals surface area (Å²) in [4.78, 5) is 21.1. The molecule has 3 aromatic rings. The first kappa shape index (κ1) is 19.6. The first-order valence-corrected chi connectivity index (χ1v) is 7.94. The van der Waals surface area contributed by atoms with E-state index in [-0.39, 0.29) is 29.8 Å². The molecule has 2 heterocycles. The Balaban J connectivity index is 0.00000243. The van der Waals surface area contributed by atoms with Crippen LogP contribution in [0.15, 0.2) is 42.6 Å². The Kier molecular flexibility index (Phi) is 6.10. The molecule has 0 aliphatic carbocycles. The monoisotopic (exact) mass is 375 g/mol. The first-order chi connectivity index (χ1) is 12.0. The fourth-order valence-corrected chi connectivity index (χ4v) is 2.44. The minimum atomic E-state index is -0.524. The number of carbonyl (C=O) groups excluding carboxylic acids is 1. The van der Waals surface area contributed by atoms with E-state index < -0.39 is 11.8 Å². The number of nitrogens with one attached hydrogen (secondary N) is 1. The van der Waals surface area contributed by atoms with Crippen LogP contribution in [0.25, 0.3) is 11.0 Å². The lowest BCUT2D eigenvalue weighted by atomic mass is 10.1. The van der Waals surface area contributed by atoms with Crippen LogP contribution in [0.1, 0.15) is 29.9 Å². The van der Waals surface area contributed by atoms with Gasteiger partial charge in [0.15, 0.2) is 5.65 Å². The third-order valence-electron chi connectivity index (χ3n) is 3.57. The second-order valence-corrected chi connectivity index (χ2v) is 5.93. The summed E-state index contributed by atoms with van der Waals surface area (Å²) in [5.74, 6) is -0.945. The van der Waals surface area contributed by atoms with Crippen molar-refractivity contribution in [1.29, 1.82) is 0 Å². The molecule has 0 aliphatic rings. The van der Waals surface area contributed by atoms with Gasteiger partial charge in [0.05, 0.1) is 17.5 Å². The Hall–Kier alpha value is -2.73. The molecule has 26 heavy (non-hydrogen) atoms. The zero-order valence-electron chi connectivity index (χ0n) is 14.6. The number of anilines is 2. The summed E-state index contributed by atoms with van der Waals surface area (Å²) >= 11 is 0. The summed E-state index contributed by atoms with van der Waals surface area (Å²) in [6.45, 7) is 5.38. The highest BCUT2D eigenvalue weighted by Gasteiger charge is 2.19. The number of para-hydroxylation sites is 1. The smallest absolute Gasteiger partial charge is 0.342 e. The van der Waals surface area contributed by atoms with E-state index >= 15 is 0 Å². The van der Waals surface area contributed by atoms with Gasteiger partial charge >= 0.3 is 5.97 Å². The Morgan fingerprint density at radius 2 is 1.92 bits per heavy atom. The highest BCUT2D eigenvalue weighted by molar-refractivity contribution is 6.05. The summed E-state index contributed by atoms with van der Waals surface area (Å²) in [7, 11) is 0. The number of hydrogen-bond acceptors (Lipinski definition) is 5. The minimum Gasteiger partial charge on any atom is -0.459 e. The number of benzene rings is 1. The lowest BCUT2D eigenvalue weighted by Crippen LogP contribution is -2.14. The number of esters is 1. The topological polar surface area (TPSA) is 64.1 Å². The zero-order chi connectivity index (χ0) is 18.0. The molecular weight excluding hydrogens is 357 g/mol. The van der Waals surface area contributed by atoms with Crippen molar-refractivity contribution < 1.29 is 13.9 Å². The molecule has 0 saturated heterocycles. The molecule has 0 bridgehead atoms. The molecule has 0 unspecified atom stereocenters. The maximum Gasteiger partial charge on any atom is 0.342 e. The summed E-state index contributed by atoms with van der Waals surface area (Å²) in [6, 6.07) is 9.88. The molecule has 0 atom stereocenters. The van der Waals surface area contributed by atoms with E-state index in [0.29, 0.717) is 16.7 Å². The van der Waals surface area contributed by atoms with Gasteiger partial charge in [-0.05, 0) is 45.0 Å². The highest BCUT2D eigenvalue weighted by Crippen LogP contribution is 2.30. The molecule has 0 spiro atoms. The number of pyridine rings is 2. The SMILES string of the molecule is Cc1ccc2c(Nc3ccccc3F)c(C(=O)OC(C)C)cnc2n1.Cl. The highest BCUT2D eigenvalue weighted by atomic mass is 35.5. The van der Waals surface area contributed by atoms with Crippen molar-refractivity contribution in [3.05, 3.63) is 59.7 Å². The van der Waals surface area contributed by atoms with Gasteiger partial charge in [-0.25, -0.2) is 19.2 Å². The van der Waals surface area contributed by atoms with Gasteiger partial charge in [-0.1, -0.05) is 12.1 Å². The van der Waals surface area contributed by atoms with Gasteiger partial charge in [0.25, 0.3) is 0 Å². The maximum atomic E-state index is 14.1. The standard InChI is InChI=1S/C19H18FN3O2.ClH/c1-11(2)25-19(24)14-10-21-18-13(9-8-12(3)22-18)17(14)23-16-7-5-4-6-15(16)20;/h4-11H,1-3H3,(H,21,22,23);1H. The van der Waals surface area contributed by atoms with Crippen LogP contribution in [0.4, 0.5) is 15.8 Å². The van der Waals surface area contributed by atoms with Gasteiger partial charge in [0.2, 0.25) is 0 Å². The van der Waals surface area contributed by atoms with Gasteiger partial charge in [-0.2, -0.15) is 0 Å². The van der Waals surface area contributed by atoms with Crippen LogP contribution in [0.3, 0.4) is 0 Å². The number of aryl methyl sites for hydroxylation is 1. The molecule has 0 radical (unpaired) electrons. The Morgan fingerprint density at radius 1 is 1.19 bits per heavy atom. The van der Waals surface area contributed by atoms with Crippen molar-refractivity contribution in [3.8, 4) is 0 Å². The summed E-state index contributed by atoms with van der Waals surface area (Å²) in [5, 5.41) is 3.62. The minimum absolute atomic E-state index is 0. The van der Waals surface area contributed by atoms with Crippen LogP contribution in [-0.2, 0) is 4.74 Å². The fourth-order valence-electron chi connectivity index (χ4n) is 2.44. The normalized spacial score (nSPS) is 10.5. The average molecular weight is 376 g/mol. The van der Waals surface area contributed by atoms with Crippen molar-refractivity contribution in [3.63, 3.8) is 0 Å². The predicted molar refractivity (Wildman–Crippen MR) is 102 cm³/mol. The maximum absolute atomic E-state index is 14.1. The van der Waals surface area contributed by atoms with Crippen LogP contribution in [-0.4, -0.2) is 22.0 Å². The second kappa shape index (κ2) is 8.10. The Bertz CT molecular complexity index is 947. The number of aromatic nitrogens is 2. The predicted octanol–water partition coefficient (Wildman–Crippen LogP) is 4.81. The van der Waals surface area contributed by atoms with Crippen LogP contribution >= 0.6 is 12.4 Å². The van der Waals surface area contributed by atoms with E-state index in [1.807, 2.05) is 13.0 Å². The molecule has 3 rings (SSSR count). The van der Waals surface area contributed by atoms with Crippen molar-refractivity contribution in [2.75, 3.05) is 5.32 Å². The lowest BCUT2D eigenvalue weighted by molar-refractivity contribution is 0.0379. The quantitative estimate of drug-likeness (QED) is 0.663. The molecule has 0 fully saturated rings. The molecule has 0 saturated carbocycles.